The van der Waals surface area contributed by atoms with Crippen LogP contribution >= 0.6 is 27.3 Å². The first-order chi connectivity index (χ1) is 9.24. The number of halogens is 1. The summed E-state index contributed by atoms with van der Waals surface area (Å²) in [5.74, 6) is 0. The Balaban J connectivity index is 1.77. The zero-order valence-corrected chi connectivity index (χ0v) is 12.8. The van der Waals surface area contributed by atoms with Crippen molar-refractivity contribution >= 4 is 27.3 Å². The van der Waals surface area contributed by atoms with Gasteiger partial charge in [-0.3, -0.25) is 4.79 Å². The maximum absolute atomic E-state index is 11.4. The molecule has 19 heavy (non-hydrogen) atoms. The summed E-state index contributed by atoms with van der Waals surface area (Å²) in [5, 5.41) is 5.69. The topological polar surface area (TPSA) is 44.9 Å². The largest absolute Gasteiger partial charge is 0.326 e. The average Bonchev–Trinajstić information content (AvgIpc) is 2.81. The molecule has 0 aromatic carbocycles. The van der Waals surface area contributed by atoms with Gasteiger partial charge in [-0.15, -0.1) is 11.3 Å². The minimum atomic E-state index is 0.000372. The third-order valence-corrected chi connectivity index (χ3v) is 5.46. The third-order valence-electron chi connectivity index (χ3n) is 3.53. The minimum Gasteiger partial charge on any atom is -0.326 e. The number of aromatic nitrogens is 1. The molecule has 3 rings (SSSR count). The Hall–Kier alpha value is -0.910. The summed E-state index contributed by atoms with van der Waals surface area (Å²) in [6.07, 6.45) is 3.23. The number of aromatic amines is 1. The Kier molecular flexibility index (Phi) is 3.86. The number of aryl methyl sites for hydroxylation is 1. The van der Waals surface area contributed by atoms with Gasteiger partial charge in [0.15, 0.2) is 0 Å². The van der Waals surface area contributed by atoms with Gasteiger partial charge in [0.05, 0.1) is 0 Å². The predicted molar refractivity (Wildman–Crippen MR) is 81.6 cm³/mol. The van der Waals surface area contributed by atoms with Crippen molar-refractivity contribution < 1.29 is 0 Å². The van der Waals surface area contributed by atoms with Crippen molar-refractivity contribution in [1.82, 2.24) is 10.3 Å². The SMILES string of the molecule is O=c1ccc2c([nH]1)CCCC2NCc1sccc1Br. The molecule has 0 amide bonds. The van der Waals surface area contributed by atoms with Crippen molar-refractivity contribution in [1.29, 1.82) is 0 Å². The zero-order chi connectivity index (χ0) is 13.2. The highest BCUT2D eigenvalue weighted by molar-refractivity contribution is 9.10. The second-order valence-corrected chi connectivity index (χ2v) is 6.63. The number of hydrogen-bond donors (Lipinski definition) is 2. The quantitative estimate of drug-likeness (QED) is 0.901. The summed E-state index contributed by atoms with van der Waals surface area (Å²) < 4.78 is 1.17. The molecular formula is C14H15BrN2OS. The van der Waals surface area contributed by atoms with Gasteiger partial charge in [0.25, 0.3) is 0 Å². The molecule has 1 aliphatic rings. The lowest BCUT2D eigenvalue weighted by Gasteiger charge is -2.25. The van der Waals surface area contributed by atoms with E-state index in [2.05, 4.69) is 37.7 Å². The van der Waals surface area contributed by atoms with Crippen LogP contribution in [0.1, 0.15) is 35.0 Å². The van der Waals surface area contributed by atoms with Crippen molar-refractivity contribution in [2.45, 2.75) is 31.8 Å². The van der Waals surface area contributed by atoms with Crippen LogP contribution in [0, 0.1) is 0 Å². The van der Waals surface area contributed by atoms with Crippen LogP contribution < -0.4 is 10.9 Å². The zero-order valence-electron chi connectivity index (χ0n) is 10.4. The number of rotatable bonds is 3. The summed E-state index contributed by atoms with van der Waals surface area (Å²) in [5.41, 5.74) is 2.35. The van der Waals surface area contributed by atoms with Crippen LogP contribution in [-0.2, 0) is 13.0 Å². The Labute approximate surface area is 124 Å². The molecule has 1 unspecified atom stereocenters. The van der Waals surface area contributed by atoms with E-state index in [1.54, 1.807) is 17.4 Å². The molecule has 1 atom stereocenters. The van der Waals surface area contributed by atoms with Gasteiger partial charge in [-0.05, 0) is 52.2 Å². The molecular weight excluding hydrogens is 324 g/mol. The van der Waals surface area contributed by atoms with E-state index in [0.717, 1.165) is 31.5 Å². The molecule has 3 nitrogen and oxygen atoms in total. The number of pyridine rings is 1. The highest BCUT2D eigenvalue weighted by Crippen LogP contribution is 2.29. The maximum atomic E-state index is 11.4. The standard InChI is InChI=1S/C14H15BrN2OS/c15-10-6-7-19-13(10)8-16-11-2-1-3-12-9(11)4-5-14(18)17-12/h4-7,11,16H,1-3,8H2,(H,17,18). The van der Waals surface area contributed by atoms with Crippen LogP contribution in [0.3, 0.4) is 0 Å². The molecule has 100 valence electrons. The molecule has 0 radical (unpaired) electrons. The molecule has 2 heterocycles. The van der Waals surface area contributed by atoms with E-state index < -0.39 is 0 Å². The molecule has 0 fully saturated rings. The second kappa shape index (κ2) is 5.61. The first-order valence-electron chi connectivity index (χ1n) is 6.41. The van der Waals surface area contributed by atoms with Crippen molar-refractivity contribution in [2.75, 3.05) is 0 Å². The number of nitrogens with one attached hydrogen (secondary N) is 2. The molecule has 0 saturated heterocycles. The Morgan fingerprint density at radius 2 is 2.32 bits per heavy atom. The summed E-state index contributed by atoms with van der Waals surface area (Å²) in [6.45, 7) is 0.863. The summed E-state index contributed by atoms with van der Waals surface area (Å²) >= 11 is 5.31. The molecule has 2 aromatic rings. The number of H-pyrrole nitrogens is 1. The smallest absolute Gasteiger partial charge is 0.248 e. The fourth-order valence-corrected chi connectivity index (χ4v) is 4.02. The molecule has 2 aromatic heterocycles. The van der Waals surface area contributed by atoms with Crippen molar-refractivity contribution in [3.8, 4) is 0 Å². The van der Waals surface area contributed by atoms with E-state index in [-0.39, 0.29) is 5.56 Å². The van der Waals surface area contributed by atoms with Crippen molar-refractivity contribution in [3.05, 3.63) is 54.5 Å². The van der Waals surface area contributed by atoms with E-state index in [1.807, 2.05) is 6.07 Å². The van der Waals surface area contributed by atoms with E-state index >= 15 is 0 Å². The van der Waals surface area contributed by atoms with Gasteiger partial charge < -0.3 is 10.3 Å². The van der Waals surface area contributed by atoms with E-state index in [0.29, 0.717) is 6.04 Å². The van der Waals surface area contributed by atoms with Gasteiger partial charge in [-0.1, -0.05) is 6.07 Å². The molecule has 0 spiro atoms. The lowest BCUT2D eigenvalue weighted by atomic mass is 9.91. The molecule has 5 heteroatoms. The third kappa shape index (κ3) is 2.83. The minimum absolute atomic E-state index is 0.000372. The van der Waals surface area contributed by atoms with Gasteiger partial charge in [0.1, 0.15) is 0 Å². The molecule has 1 aliphatic carbocycles. The lowest BCUT2D eigenvalue weighted by Crippen LogP contribution is -2.26. The summed E-state index contributed by atoms with van der Waals surface area (Å²) in [7, 11) is 0. The van der Waals surface area contributed by atoms with E-state index in [9.17, 15) is 4.79 Å². The molecule has 2 N–H and O–H groups in total. The normalized spacial score (nSPS) is 18.3. The summed E-state index contributed by atoms with van der Waals surface area (Å²) in [6, 6.07) is 6.01. The second-order valence-electron chi connectivity index (χ2n) is 4.77. The number of thiophene rings is 1. The first-order valence-corrected chi connectivity index (χ1v) is 8.08. The number of hydrogen-bond acceptors (Lipinski definition) is 3. The lowest BCUT2D eigenvalue weighted by molar-refractivity contribution is 0.455. The van der Waals surface area contributed by atoms with E-state index in [1.165, 1.54) is 14.9 Å². The highest BCUT2D eigenvalue weighted by Gasteiger charge is 2.20. The fourth-order valence-electron chi connectivity index (χ4n) is 2.58. The fraction of sp³-hybridized carbons (Fsp3) is 0.357. The van der Waals surface area contributed by atoms with Crippen LogP contribution in [0.4, 0.5) is 0 Å². The Bertz CT molecular complexity index is 634. The van der Waals surface area contributed by atoms with Crippen molar-refractivity contribution in [3.63, 3.8) is 0 Å². The van der Waals surface area contributed by atoms with Crippen LogP contribution in [0.25, 0.3) is 0 Å². The highest BCUT2D eigenvalue weighted by atomic mass is 79.9. The van der Waals surface area contributed by atoms with E-state index in [4.69, 9.17) is 0 Å². The van der Waals surface area contributed by atoms with Crippen LogP contribution in [0.15, 0.2) is 32.8 Å². The van der Waals surface area contributed by atoms with Gasteiger partial charge in [-0.2, -0.15) is 0 Å². The van der Waals surface area contributed by atoms with Crippen LogP contribution in [0.5, 0.6) is 0 Å². The molecule has 0 saturated carbocycles. The Morgan fingerprint density at radius 3 is 3.11 bits per heavy atom. The average molecular weight is 339 g/mol. The van der Waals surface area contributed by atoms with Gasteiger partial charge in [-0.25, -0.2) is 0 Å². The van der Waals surface area contributed by atoms with Gasteiger partial charge >= 0.3 is 0 Å². The monoisotopic (exact) mass is 338 g/mol. The first kappa shape index (κ1) is 13.1. The predicted octanol–water partition coefficient (Wildman–Crippen LogP) is 3.37. The van der Waals surface area contributed by atoms with Crippen LogP contribution in [0.2, 0.25) is 0 Å². The van der Waals surface area contributed by atoms with Gasteiger partial charge in [0.2, 0.25) is 5.56 Å². The molecule has 0 bridgehead atoms. The Morgan fingerprint density at radius 1 is 1.42 bits per heavy atom. The van der Waals surface area contributed by atoms with Gasteiger partial charge in [0, 0.05) is 33.7 Å². The maximum Gasteiger partial charge on any atom is 0.248 e. The number of fused-ring (bicyclic) bond motifs is 1. The summed E-state index contributed by atoms with van der Waals surface area (Å²) in [4.78, 5) is 15.6. The molecule has 0 aliphatic heterocycles. The van der Waals surface area contributed by atoms with Crippen LogP contribution in [-0.4, -0.2) is 4.98 Å². The van der Waals surface area contributed by atoms with Crippen molar-refractivity contribution in [2.24, 2.45) is 0 Å².